The van der Waals surface area contributed by atoms with E-state index in [2.05, 4.69) is 97.9 Å². The van der Waals surface area contributed by atoms with Gasteiger partial charge in [0.15, 0.2) is 0 Å². The van der Waals surface area contributed by atoms with Gasteiger partial charge in [0.1, 0.15) is 0 Å². The van der Waals surface area contributed by atoms with Crippen molar-refractivity contribution in [3.8, 4) is 22.3 Å². The summed E-state index contributed by atoms with van der Waals surface area (Å²) in [6, 6.07) is 39.2. The van der Waals surface area contributed by atoms with Crippen LogP contribution in [0, 0.1) is 0 Å². The third-order valence-corrected chi connectivity index (χ3v) is 7.02. The Labute approximate surface area is 187 Å². The quantitative estimate of drug-likeness (QED) is 0.270. The number of halogens is 1. The van der Waals surface area contributed by atoms with Gasteiger partial charge >= 0.3 is 0 Å². The maximum atomic E-state index is 6.29. The lowest BCUT2D eigenvalue weighted by molar-refractivity contribution is 0.720. The van der Waals surface area contributed by atoms with Gasteiger partial charge in [-0.25, -0.2) is 0 Å². The van der Waals surface area contributed by atoms with Gasteiger partial charge in [0.05, 0.1) is 0 Å². The first-order chi connectivity index (χ1) is 15.2. The van der Waals surface area contributed by atoms with Gasteiger partial charge in [-0.3, -0.25) is 0 Å². The van der Waals surface area contributed by atoms with Crippen LogP contribution in [0.3, 0.4) is 0 Å². The van der Waals surface area contributed by atoms with Crippen LogP contribution < -0.4 is 0 Å². The molecule has 0 heterocycles. The van der Waals surface area contributed by atoms with Gasteiger partial charge in [-0.05, 0) is 74.8 Å². The van der Waals surface area contributed by atoms with Crippen molar-refractivity contribution < 1.29 is 0 Å². The average Bonchev–Trinajstić information content (AvgIpc) is 3.09. The van der Waals surface area contributed by atoms with Crippen molar-refractivity contribution in [1.29, 1.82) is 0 Å². The molecule has 0 saturated carbocycles. The molecule has 148 valence electrons. The molecule has 0 bridgehead atoms. The summed E-state index contributed by atoms with van der Waals surface area (Å²) in [6.45, 7) is 2.38. The molecule has 0 spiro atoms. The second-order valence-corrected chi connectivity index (χ2v) is 8.91. The van der Waals surface area contributed by atoms with Crippen molar-refractivity contribution in [2.45, 2.75) is 12.3 Å². The molecule has 0 aromatic heterocycles. The summed E-state index contributed by atoms with van der Waals surface area (Å²) in [7, 11) is 0. The fourth-order valence-electron chi connectivity index (χ4n) is 5.30. The van der Waals surface area contributed by atoms with Crippen LogP contribution in [0.1, 0.15) is 23.6 Å². The van der Waals surface area contributed by atoms with E-state index >= 15 is 0 Å². The minimum Gasteiger partial charge on any atom is -0.0843 e. The molecule has 0 fully saturated rings. The zero-order valence-electron chi connectivity index (χ0n) is 17.3. The molecule has 0 N–H and O–H groups in total. The van der Waals surface area contributed by atoms with E-state index in [1.165, 1.54) is 44.2 Å². The molecule has 0 radical (unpaired) electrons. The highest BCUT2D eigenvalue weighted by atomic mass is 35.5. The van der Waals surface area contributed by atoms with Crippen molar-refractivity contribution in [3.05, 3.63) is 131 Å². The Morgan fingerprint density at radius 3 is 2.23 bits per heavy atom. The van der Waals surface area contributed by atoms with Gasteiger partial charge in [-0.15, -0.1) is 0 Å². The van der Waals surface area contributed by atoms with Crippen LogP contribution in [0.4, 0.5) is 0 Å². The Morgan fingerprint density at radius 1 is 0.613 bits per heavy atom. The zero-order chi connectivity index (χ0) is 21.0. The first kappa shape index (κ1) is 18.4. The van der Waals surface area contributed by atoms with Crippen LogP contribution in [-0.4, -0.2) is 0 Å². The standard InChI is InChI=1S/C30H21Cl/c1-30(23-11-6-9-21(18-23)22-10-7-12-24(31)19-22)28-15-5-4-14-26(28)27-17-16-20-8-2-3-13-25(20)29(27)30/h2-19H,1H3. The largest absolute Gasteiger partial charge is 0.0843 e. The van der Waals surface area contributed by atoms with Gasteiger partial charge in [-0.1, -0.05) is 103 Å². The molecule has 1 aliphatic carbocycles. The van der Waals surface area contributed by atoms with Gasteiger partial charge < -0.3 is 0 Å². The Morgan fingerprint density at radius 2 is 1.35 bits per heavy atom. The average molecular weight is 417 g/mol. The van der Waals surface area contributed by atoms with Crippen LogP contribution in [0.15, 0.2) is 109 Å². The highest BCUT2D eigenvalue weighted by Crippen LogP contribution is 2.54. The van der Waals surface area contributed by atoms with E-state index in [0.29, 0.717) is 0 Å². The van der Waals surface area contributed by atoms with E-state index in [1.54, 1.807) is 0 Å². The molecule has 6 rings (SSSR count). The number of hydrogen-bond acceptors (Lipinski definition) is 0. The zero-order valence-corrected chi connectivity index (χ0v) is 18.0. The first-order valence-electron chi connectivity index (χ1n) is 10.6. The molecule has 5 aromatic rings. The molecule has 1 unspecified atom stereocenters. The van der Waals surface area contributed by atoms with E-state index in [0.717, 1.165) is 10.6 Å². The molecular formula is C30H21Cl. The molecule has 0 saturated heterocycles. The molecule has 0 amide bonds. The molecule has 5 aromatic carbocycles. The third kappa shape index (κ3) is 2.69. The minimum absolute atomic E-state index is 0.235. The Balaban J connectivity index is 1.66. The van der Waals surface area contributed by atoms with E-state index in [1.807, 2.05) is 18.2 Å². The molecule has 1 atom stereocenters. The van der Waals surface area contributed by atoms with Crippen molar-refractivity contribution in [3.63, 3.8) is 0 Å². The number of rotatable bonds is 2. The van der Waals surface area contributed by atoms with Crippen LogP contribution >= 0.6 is 11.6 Å². The number of hydrogen-bond donors (Lipinski definition) is 0. The van der Waals surface area contributed by atoms with E-state index in [4.69, 9.17) is 11.6 Å². The summed E-state index contributed by atoms with van der Waals surface area (Å²) < 4.78 is 0. The summed E-state index contributed by atoms with van der Waals surface area (Å²) >= 11 is 6.29. The van der Waals surface area contributed by atoms with Gasteiger partial charge in [-0.2, -0.15) is 0 Å². The maximum absolute atomic E-state index is 6.29. The van der Waals surface area contributed by atoms with Gasteiger partial charge in [0.2, 0.25) is 0 Å². The van der Waals surface area contributed by atoms with Crippen LogP contribution in [0.25, 0.3) is 33.0 Å². The maximum Gasteiger partial charge on any atom is 0.0441 e. The SMILES string of the molecule is CC1(c2cccc(-c3cccc(Cl)c3)c2)c2ccccc2-c2ccc3ccccc3c21. The van der Waals surface area contributed by atoms with E-state index in [-0.39, 0.29) is 5.41 Å². The summed E-state index contributed by atoms with van der Waals surface area (Å²) in [5.41, 5.74) is 8.83. The van der Waals surface area contributed by atoms with Crippen molar-refractivity contribution in [2.24, 2.45) is 0 Å². The number of fused-ring (bicyclic) bond motifs is 5. The Hall–Kier alpha value is -3.35. The normalized spacial score (nSPS) is 16.8. The summed E-state index contributed by atoms with van der Waals surface area (Å²) in [5, 5.41) is 3.37. The Bertz CT molecular complexity index is 1460. The summed E-state index contributed by atoms with van der Waals surface area (Å²) in [4.78, 5) is 0. The van der Waals surface area contributed by atoms with E-state index in [9.17, 15) is 0 Å². The van der Waals surface area contributed by atoms with Gasteiger partial charge in [0, 0.05) is 10.4 Å². The minimum atomic E-state index is -0.235. The van der Waals surface area contributed by atoms with Crippen LogP contribution in [0.2, 0.25) is 5.02 Å². The van der Waals surface area contributed by atoms with Crippen molar-refractivity contribution in [1.82, 2.24) is 0 Å². The fourth-order valence-corrected chi connectivity index (χ4v) is 5.49. The lowest BCUT2D eigenvalue weighted by Gasteiger charge is -2.30. The number of benzene rings is 5. The topological polar surface area (TPSA) is 0 Å². The van der Waals surface area contributed by atoms with Crippen LogP contribution in [-0.2, 0) is 5.41 Å². The molecule has 31 heavy (non-hydrogen) atoms. The molecular weight excluding hydrogens is 396 g/mol. The predicted molar refractivity (Wildman–Crippen MR) is 132 cm³/mol. The predicted octanol–water partition coefficient (Wildman–Crippen LogP) is 8.49. The van der Waals surface area contributed by atoms with Crippen LogP contribution in [0.5, 0.6) is 0 Å². The fraction of sp³-hybridized carbons (Fsp3) is 0.0667. The Kier molecular flexibility index (Phi) is 4.06. The first-order valence-corrected chi connectivity index (χ1v) is 11.0. The smallest absolute Gasteiger partial charge is 0.0441 e. The molecule has 1 aliphatic rings. The van der Waals surface area contributed by atoms with E-state index < -0.39 is 0 Å². The summed E-state index contributed by atoms with van der Waals surface area (Å²) in [5.74, 6) is 0. The molecule has 1 heteroatoms. The highest BCUT2D eigenvalue weighted by Gasteiger charge is 2.41. The van der Waals surface area contributed by atoms with Crippen molar-refractivity contribution in [2.75, 3.05) is 0 Å². The van der Waals surface area contributed by atoms with Crippen molar-refractivity contribution >= 4 is 22.4 Å². The second kappa shape index (κ2) is 6.83. The lowest BCUT2D eigenvalue weighted by atomic mass is 9.72. The third-order valence-electron chi connectivity index (χ3n) is 6.78. The second-order valence-electron chi connectivity index (χ2n) is 8.47. The summed E-state index contributed by atoms with van der Waals surface area (Å²) in [6.07, 6.45) is 0. The molecule has 0 nitrogen and oxygen atoms in total. The van der Waals surface area contributed by atoms with Gasteiger partial charge in [0.25, 0.3) is 0 Å². The lowest BCUT2D eigenvalue weighted by Crippen LogP contribution is -2.22. The highest BCUT2D eigenvalue weighted by molar-refractivity contribution is 6.30. The monoisotopic (exact) mass is 416 g/mol. The molecule has 0 aliphatic heterocycles.